The van der Waals surface area contributed by atoms with Crippen LogP contribution in [0.2, 0.25) is 0 Å². The molecule has 0 aromatic carbocycles. The van der Waals surface area contributed by atoms with Crippen molar-refractivity contribution in [2.45, 2.75) is 58.0 Å². The molecule has 110 valence electrons. The monoisotopic (exact) mass is 268 g/mol. The summed E-state index contributed by atoms with van der Waals surface area (Å²) in [7, 11) is 0. The fourth-order valence-corrected chi connectivity index (χ4v) is 2.75. The highest BCUT2D eigenvalue weighted by molar-refractivity contribution is 5.81. The molecule has 2 fully saturated rings. The molecule has 1 saturated heterocycles. The van der Waals surface area contributed by atoms with Crippen LogP contribution < -0.4 is 5.32 Å². The standard InChI is InChI=1S/C15H28N2O2/c1-12(2)17-9-4-3-5-14(17)15(18)16-8-10-19-11-13-6-7-13/h12-14H,3-11H2,1-2H3,(H,16,18)/t14-/m0/s1. The van der Waals surface area contributed by atoms with Gasteiger partial charge in [-0.1, -0.05) is 6.42 Å². The average Bonchev–Trinajstić information content (AvgIpc) is 3.22. The van der Waals surface area contributed by atoms with Crippen LogP contribution in [0.1, 0.15) is 46.0 Å². The molecule has 1 N–H and O–H groups in total. The predicted octanol–water partition coefficient (Wildman–Crippen LogP) is 1.79. The van der Waals surface area contributed by atoms with Gasteiger partial charge in [-0.25, -0.2) is 0 Å². The van der Waals surface area contributed by atoms with Crippen LogP contribution in [-0.4, -0.2) is 49.2 Å². The van der Waals surface area contributed by atoms with Crippen molar-refractivity contribution in [3.05, 3.63) is 0 Å². The molecule has 0 unspecified atom stereocenters. The average molecular weight is 268 g/mol. The van der Waals surface area contributed by atoms with Crippen LogP contribution >= 0.6 is 0 Å². The summed E-state index contributed by atoms with van der Waals surface area (Å²) in [5, 5.41) is 3.03. The summed E-state index contributed by atoms with van der Waals surface area (Å²) in [5.74, 6) is 0.980. The molecule has 1 aliphatic carbocycles. The van der Waals surface area contributed by atoms with Gasteiger partial charge in [-0.3, -0.25) is 9.69 Å². The zero-order valence-electron chi connectivity index (χ0n) is 12.4. The third kappa shape index (κ3) is 4.77. The highest BCUT2D eigenvalue weighted by Crippen LogP contribution is 2.28. The Morgan fingerprint density at radius 3 is 2.79 bits per heavy atom. The second-order valence-electron chi connectivity index (χ2n) is 6.15. The Balaban J connectivity index is 1.64. The number of amides is 1. The van der Waals surface area contributed by atoms with Gasteiger partial charge in [-0.2, -0.15) is 0 Å². The van der Waals surface area contributed by atoms with E-state index in [9.17, 15) is 4.79 Å². The molecule has 4 heteroatoms. The number of hydrogen-bond acceptors (Lipinski definition) is 3. The van der Waals surface area contributed by atoms with Crippen LogP contribution in [0.4, 0.5) is 0 Å². The van der Waals surface area contributed by atoms with E-state index < -0.39 is 0 Å². The van der Waals surface area contributed by atoms with Crippen molar-refractivity contribution < 1.29 is 9.53 Å². The third-order valence-electron chi connectivity index (χ3n) is 4.11. The van der Waals surface area contributed by atoms with E-state index in [-0.39, 0.29) is 11.9 Å². The molecule has 0 radical (unpaired) electrons. The van der Waals surface area contributed by atoms with Crippen LogP contribution in [0.5, 0.6) is 0 Å². The number of likely N-dealkylation sites (tertiary alicyclic amines) is 1. The summed E-state index contributed by atoms with van der Waals surface area (Å²) in [6.45, 7) is 7.56. The van der Waals surface area contributed by atoms with Crippen molar-refractivity contribution in [1.29, 1.82) is 0 Å². The van der Waals surface area contributed by atoms with Crippen LogP contribution in [-0.2, 0) is 9.53 Å². The van der Waals surface area contributed by atoms with Crippen molar-refractivity contribution in [3.8, 4) is 0 Å². The molecule has 0 bridgehead atoms. The van der Waals surface area contributed by atoms with Gasteiger partial charge in [0.05, 0.1) is 12.6 Å². The van der Waals surface area contributed by atoms with E-state index in [4.69, 9.17) is 4.74 Å². The first kappa shape index (κ1) is 14.8. The smallest absolute Gasteiger partial charge is 0.237 e. The van der Waals surface area contributed by atoms with Crippen molar-refractivity contribution in [2.75, 3.05) is 26.3 Å². The molecule has 1 aliphatic heterocycles. The number of carbonyl (C=O) groups is 1. The van der Waals surface area contributed by atoms with Crippen molar-refractivity contribution >= 4 is 5.91 Å². The number of nitrogens with zero attached hydrogens (tertiary/aromatic N) is 1. The van der Waals surface area contributed by atoms with E-state index in [1.54, 1.807) is 0 Å². The van der Waals surface area contributed by atoms with Gasteiger partial charge in [0.2, 0.25) is 5.91 Å². The fourth-order valence-electron chi connectivity index (χ4n) is 2.75. The molecule has 1 heterocycles. The molecule has 4 nitrogen and oxygen atoms in total. The number of nitrogens with one attached hydrogen (secondary N) is 1. The number of hydrogen-bond donors (Lipinski definition) is 1. The minimum atomic E-state index is 0.0668. The number of rotatable bonds is 7. The molecule has 1 saturated carbocycles. The SMILES string of the molecule is CC(C)N1CCCC[C@H]1C(=O)NCCOCC1CC1. The lowest BCUT2D eigenvalue weighted by molar-refractivity contribution is -0.128. The molecule has 1 atom stereocenters. The summed E-state index contributed by atoms with van der Waals surface area (Å²) in [6.07, 6.45) is 6.01. The van der Waals surface area contributed by atoms with Gasteiger partial charge < -0.3 is 10.1 Å². The highest BCUT2D eigenvalue weighted by Gasteiger charge is 2.29. The Morgan fingerprint density at radius 1 is 1.32 bits per heavy atom. The van der Waals surface area contributed by atoms with Gasteiger partial charge in [0, 0.05) is 19.2 Å². The summed E-state index contributed by atoms with van der Waals surface area (Å²) >= 11 is 0. The third-order valence-corrected chi connectivity index (χ3v) is 4.11. The van der Waals surface area contributed by atoms with E-state index in [1.807, 2.05) is 0 Å². The lowest BCUT2D eigenvalue weighted by Gasteiger charge is -2.37. The second kappa shape index (κ2) is 7.25. The maximum atomic E-state index is 12.2. The first-order chi connectivity index (χ1) is 9.18. The van der Waals surface area contributed by atoms with E-state index in [2.05, 4.69) is 24.1 Å². The van der Waals surface area contributed by atoms with Crippen LogP contribution in [0.25, 0.3) is 0 Å². The molecular formula is C15H28N2O2. The first-order valence-electron chi connectivity index (χ1n) is 7.79. The van der Waals surface area contributed by atoms with E-state index in [0.717, 1.165) is 25.5 Å². The largest absolute Gasteiger partial charge is 0.379 e. The van der Waals surface area contributed by atoms with Gasteiger partial charge in [-0.05, 0) is 52.0 Å². The lowest BCUT2D eigenvalue weighted by Crippen LogP contribution is -2.52. The first-order valence-corrected chi connectivity index (χ1v) is 7.79. The van der Waals surface area contributed by atoms with Crippen LogP contribution in [0, 0.1) is 5.92 Å². The van der Waals surface area contributed by atoms with Crippen molar-refractivity contribution in [1.82, 2.24) is 10.2 Å². The van der Waals surface area contributed by atoms with Crippen LogP contribution in [0.15, 0.2) is 0 Å². The predicted molar refractivity (Wildman–Crippen MR) is 76.0 cm³/mol. The van der Waals surface area contributed by atoms with Gasteiger partial charge in [0.15, 0.2) is 0 Å². The zero-order valence-corrected chi connectivity index (χ0v) is 12.4. The molecule has 0 aromatic rings. The topological polar surface area (TPSA) is 41.6 Å². The lowest BCUT2D eigenvalue weighted by atomic mass is 10.00. The molecule has 2 aliphatic rings. The quantitative estimate of drug-likeness (QED) is 0.716. The van der Waals surface area contributed by atoms with Gasteiger partial charge in [-0.15, -0.1) is 0 Å². The van der Waals surface area contributed by atoms with Gasteiger partial charge >= 0.3 is 0 Å². The second-order valence-corrected chi connectivity index (χ2v) is 6.15. The minimum absolute atomic E-state index is 0.0668. The Bertz CT molecular complexity index is 290. The van der Waals surface area contributed by atoms with Crippen molar-refractivity contribution in [2.24, 2.45) is 5.92 Å². The Hall–Kier alpha value is -0.610. The summed E-state index contributed by atoms with van der Waals surface area (Å²) < 4.78 is 5.54. The fraction of sp³-hybridized carbons (Fsp3) is 0.933. The molecular weight excluding hydrogens is 240 g/mol. The molecule has 2 rings (SSSR count). The molecule has 19 heavy (non-hydrogen) atoms. The number of piperidine rings is 1. The number of carbonyl (C=O) groups excluding carboxylic acids is 1. The molecule has 0 spiro atoms. The summed E-state index contributed by atoms with van der Waals surface area (Å²) in [4.78, 5) is 14.5. The normalized spacial score (nSPS) is 24.7. The molecule has 1 amide bonds. The zero-order chi connectivity index (χ0) is 13.7. The minimum Gasteiger partial charge on any atom is -0.379 e. The maximum absolute atomic E-state index is 12.2. The van der Waals surface area contributed by atoms with E-state index in [1.165, 1.54) is 25.7 Å². The van der Waals surface area contributed by atoms with Crippen LogP contribution in [0.3, 0.4) is 0 Å². The van der Waals surface area contributed by atoms with E-state index >= 15 is 0 Å². The Morgan fingerprint density at radius 2 is 2.11 bits per heavy atom. The Labute approximate surface area is 116 Å². The maximum Gasteiger partial charge on any atom is 0.237 e. The highest BCUT2D eigenvalue weighted by atomic mass is 16.5. The van der Waals surface area contributed by atoms with Gasteiger partial charge in [0.1, 0.15) is 0 Å². The summed E-state index contributed by atoms with van der Waals surface area (Å²) in [6, 6.07) is 0.513. The van der Waals surface area contributed by atoms with Crippen molar-refractivity contribution in [3.63, 3.8) is 0 Å². The molecule has 0 aromatic heterocycles. The van der Waals surface area contributed by atoms with E-state index in [0.29, 0.717) is 19.2 Å². The summed E-state index contributed by atoms with van der Waals surface area (Å²) in [5.41, 5.74) is 0. The number of ether oxygens (including phenoxy) is 1. The van der Waals surface area contributed by atoms with Gasteiger partial charge in [0.25, 0.3) is 0 Å². The Kier molecular flexibility index (Phi) is 5.64.